The molecule has 94 valence electrons. The van der Waals surface area contributed by atoms with Gasteiger partial charge < -0.3 is 10.2 Å². The average molecular weight is 359 g/mol. The zero-order valence-corrected chi connectivity index (χ0v) is 14.0. The van der Waals surface area contributed by atoms with E-state index in [1.807, 2.05) is 0 Å². The molecule has 0 atom stereocenters. The molecule has 0 saturated carbocycles. The van der Waals surface area contributed by atoms with Crippen molar-refractivity contribution in [3.8, 4) is 0 Å². The van der Waals surface area contributed by atoms with Crippen LogP contribution in [0.4, 0.5) is 0 Å². The minimum atomic E-state index is -1.23. The third-order valence-corrected chi connectivity index (χ3v) is 1.87. The van der Waals surface area contributed by atoms with Gasteiger partial charge >= 0.3 is 11.9 Å². The Bertz CT molecular complexity index is 475. The SMILES string of the molecule is O=C(O)c1ccccc1C(=O)O.[Cd].c1cnccn1. The van der Waals surface area contributed by atoms with Gasteiger partial charge in [0, 0.05) is 52.1 Å². The smallest absolute Gasteiger partial charge is 0.336 e. The van der Waals surface area contributed by atoms with Gasteiger partial charge in [0.2, 0.25) is 0 Å². The second kappa shape index (κ2) is 9.14. The summed E-state index contributed by atoms with van der Waals surface area (Å²) in [5, 5.41) is 17.1. The van der Waals surface area contributed by atoms with Gasteiger partial charge in [0.1, 0.15) is 0 Å². The molecule has 0 unspecified atom stereocenters. The van der Waals surface area contributed by atoms with Gasteiger partial charge in [-0.2, -0.15) is 0 Å². The van der Waals surface area contributed by atoms with Crippen molar-refractivity contribution >= 4 is 11.9 Å². The molecule has 0 saturated heterocycles. The first-order valence-corrected chi connectivity index (χ1v) is 4.88. The van der Waals surface area contributed by atoms with Crippen LogP contribution in [0.5, 0.6) is 0 Å². The van der Waals surface area contributed by atoms with Crippen molar-refractivity contribution in [3.63, 3.8) is 0 Å². The van der Waals surface area contributed by atoms with E-state index in [9.17, 15) is 9.59 Å². The number of nitrogens with zero attached hydrogens (tertiary/aromatic N) is 2. The van der Waals surface area contributed by atoms with Crippen LogP contribution in [0, 0.1) is 0 Å². The predicted octanol–water partition coefficient (Wildman–Crippen LogP) is 1.56. The van der Waals surface area contributed by atoms with E-state index in [0.717, 1.165) is 0 Å². The van der Waals surface area contributed by atoms with E-state index in [4.69, 9.17) is 10.2 Å². The van der Waals surface area contributed by atoms with E-state index in [2.05, 4.69) is 9.97 Å². The number of benzene rings is 1. The zero-order valence-electron chi connectivity index (χ0n) is 9.93. The number of carboxylic acids is 2. The largest absolute Gasteiger partial charge is 0.478 e. The Morgan fingerprint density at radius 3 is 1.32 bits per heavy atom. The maximum absolute atomic E-state index is 10.5. The predicted molar refractivity (Wildman–Crippen MR) is 62.4 cm³/mol. The Balaban J connectivity index is 0.000000392. The van der Waals surface area contributed by atoms with Crippen LogP contribution in [0.25, 0.3) is 0 Å². The van der Waals surface area contributed by atoms with Gasteiger partial charge in [-0.1, -0.05) is 12.1 Å². The summed E-state index contributed by atoms with van der Waals surface area (Å²) in [5.41, 5.74) is -0.380. The molecule has 0 bridgehead atoms. The molecule has 0 aliphatic heterocycles. The number of carboxylic acid groups (broad SMARTS) is 2. The normalized spacial score (nSPS) is 8.42. The topological polar surface area (TPSA) is 100 Å². The average Bonchev–Trinajstić information content (AvgIpc) is 2.41. The van der Waals surface area contributed by atoms with Crippen molar-refractivity contribution < 1.29 is 47.1 Å². The standard InChI is InChI=1S/C8H6O4.C4H4N2.Cd/c9-7(10)5-3-1-2-4-6(5)8(11)12;1-2-6-4-3-5-1;/h1-4H,(H,9,10)(H,11,12);1-4H;. The number of aromatic nitrogens is 2. The molecule has 19 heavy (non-hydrogen) atoms. The summed E-state index contributed by atoms with van der Waals surface area (Å²) in [5.74, 6) is -2.46. The molecule has 0 aliphatic rings. The van der Waals surface area contributed by atoms with Gasteiger partial charge in [0.25, 0.3) is 0 Å². The number of carbonyl (C=O) groups is 2. The molecular formula is C12H10CdN2O4. The van der Waals surface area contributed by atoms with Crippen LogP contribution in [0.2, 0.25) is 0 Å². The summed E-state index contributed by atoms with van der Waals surface area (Å²) < 4.78 is 0. The molecule has 6 nitrogen and oxygen atoms in total. The van der Waals surface area contributed by atoms with Crippen LogP contribution >= 0.6 is 0 Å². The summed E-state index contributed by atoms with van der Waals surface area (Å²) in [6.07, 6.45) is 6.56. The van der Waals surface area contributed by atoms with Crippen LogP contribution in [0.3, 0.4) is 0 Å². The van der Waals surface area contributed by atoms with E-state index in [-0.39, 0.29) is 38.4 Å². The Morgan fingerprint density at radius 1 is 0.789 bits per heavy atom. The number of rotatable bonds is 2. The van der Waals surface area contributed by atoms with Crippen molar-refractivity contribution in [1.82, 2.24) is 9.97 Å². The van der Waals surface area contributed by atoms with Gasteiger partial charge in [0.05, 0.1) is 11.1 Å². The second-order valence-corrected chi connectivity index (χ2v) is 3.05. The first kappa shape index (κ1) is 17.2. The van der Waals surface area contributed by atoms with Crippen molar-refractivity contribution in [2.75, 3.05) is 0 Å². The molecule has 2 N–H and O–H groups in total. The number of hydrogen-bond acceptors (Lipinski definition) is 4. The van der Waals surface area contributed by atoms with E-state index in [1.165, 1.54) is 24.3 Å². The second-order valence-electron chi connectivity index (χ2n) is 3.05. The fourth-order valence-corrected chi connectivity index (χ4v) is 1.11. The van der Waals surface area contributed by atoms with E-state index >= 15 is 0 Å². The van der Waals surface area contributed by atoms with Crippen molar-refractivity contribution in [1.29, 1.82) is 0 Å². The van der Waals surface area contributed by atoms with Crippen LogP contribution in [-0.2, 0) is 27.3 Å². The quantitative estimate of drug-likeness (QED) is 0.790. The minimum Gasteiger partial charge on any atom is -0.478 e. The van der Waals surface area contributed by atoms with Gasteiger partial charge in [-0.15, -0.1) is 0 Å². The summed E-state index contributed by atoms with van der Waals surface area (Å²) in [4.78, 5) is 28.4. The molecule has 1 aromatic carbocycles. The van der Waals surface area contributed by atoms with Gasteiger partial charge in [-0.25, -0.2) is 9.59 Å². The van der Waals surface area contributed by atoms with Crippen molar-refractivity contribution in [2.24, 2.45) is 0 Å². The molecular weight excluding hydrogens is 349 g/mol. The molecule has 0 amide bonds. The molecule has 1 aromatic heterocycles. The first-order chi connectivity index (χ1) is 8.63. The number of hydrogen-bond donors (Lipinski definition) is 2. The molecule has 2 aromatic rings. The maximum Gasteiger partial charge on any atom is 0.336 e. The Kier molecular flexibility index (Phi) is 8.26. The van der Waals surface area contributed by atoms with Crippen molar-refractivity contribution in [2.45, 2.75) is 0 Å². The molecule has 2 rings (SSSR count). The molecule has 0 fully saturated rings. The third-order valence-electron chi connectivity index (χ3n) is 1.87. The maximum atomic E-state index is 10.5. The Morgan fingerprint density at radius 2 is 1.11 bits per heavy atom. The molecule has 7 heteroatoms. The van der Waals surface area contributed by atoms with Gasteiger partial charge in [-0.3, -0.25) is 9.97 Å². The minimum absolute atomic E-state index is 0. The van der Waals surface area contributed by atoms with Crippen LogP contribution in [0.15, 0.2) is 49.1 Å². The van der Waals surface area contributed by atoms with Gasteiger partial charge in [0.15, 0.2) is 0 Å². The summed E-state index contributed by atoms with van der Waals surface area (Å²) >= 11 is 0. The fourth-order valence-electron chi connectivity index (χ4n) is 1.11. The molecule has 1 heterocycles. The summed E-state index contributed by atoms with van der Waals surface area (Å²) in [7, 11) is 0. The summed E-state index contributed by atoms with van der Waals surface area (Å²) in [6.45, 7) is 0. The Hall–Kier alpha value is -1.84. The van der Waals surface area contributed by atoms with Crippen LogP contribution in [0.1, 0.15) is 20.7 Å². The fraction of sp³-hybridized carbons (Fsp3) is 0. The van der Waals surface area contributed by atoms with Crippen LogP contribution < -0.4 is 0 Å². The van der Waals surface area contributed by atoms with E-state index in [0.29, 0.717) is 0 Å². The third kappa shape index (κ3) is 6.04. The van der Waals surface area contributed by atoms with E-state index in [1.54, 1.807) is 24.8 Å². The van der Waals surface area contributed by atoms with Crippen LogP contribution in [-0.4, -0.2) is 32.1 Å². The summed E-state index contributed by atoms with van der Waals surface area (Å²) in [6, 6.07) is 5.48. The molecule has 0 radical (unpaired) electrons. The first-order valence-electron chi connectivity index (χ1n) is 4.88. The Labute approximate surface area is 129 Å². The number of aromatic carboxylic acids is 2. The zero-order chi connectivity index (χ0) is 13.4. The van der Waals surface area contributed by atoms with Gasteiger partial charge in [-0.05, 0) is 12.1 Å². The molecule has 0 spiro atoms. The van der Waals surface area contributed by atoms with E-state index < -0.39 is 11.9 Å². The monoisotopic (exact) mass is 360 g/mol. The van der Waals surface area contributed by atoms with Crippen molar-refractivity contribution in [3.05, 3.63) is 60.2 Å². The molecule has 0 aliphatic carbocycles.